The summed E-state index contributed by atoms with van der Waals surface area (Å²) in [6, 6.07) is 22.5. The maximum atomic E-state index is 13.9. The van der Waals surface area contributed by atoms with E-state index in [9.17, 15) is 33.6 Å². The molecule has 3 aromatic carbocycles. The van der Waals surface area contributed by atoms with Gasteiger partial charge in [0.2, 0.25) is 17.7 Å². The van der Waals surface area contributed by atoms with E-state index in [-0.39, 0.29) is 51.5 Å². The number of amides is 5. The molecule has 5 amide bonds. The number of nitrogens with one attached hydrogen (secondary N) is 5. The minimum Gasteiger partial charge on any atom is -0.461 e. The highest BCUT2D eigenvalue weighted by Gasteiger charge is 2.33. The number of ether oxygens (including phenoxy) is 4. The number of benzene rings is 3. The van der Waals surface area contributed by atoms with Gasteiger partial charge in [-0.3, -0.25) is 19.2 Å². The molecule has 0 spiro atoms. The van der Waals surface area contributed by atoms with Crippen LogP contribution < -0.4 is 26.6 Å². The van der Waals surface area contributed by atoms with E-state index in [4.69, 9.17) is 18.9 Å². The first-order valence-corrected chi connectivity index (χ1v) is 21.3. The Labute approximate surface area is 369 Å². The molecular weight excluding hydrogens is 811 g/mol. The van der Waals surface area contributed by atoms with Crippen molar-refractivity contribution < 1.29 is 52.5 Å². The van der Waals surface area contributed by atoms with E-state index < -0.39 is 71.6 Å². The summed E-state index contributed by atoms with van der Waals surface area (Å²) in [5, 5.41) is 13.2. The first kappa shape index (κ1) is 50.9. The number of carbonyl (C=O) groups is 7. The van der Waals surface area contributed by atoms with Gasteiger partial charge in [-0.2, -0.15) is 0 Å². The maximum absolute atomic E-state index is 13.9. The summed E-state index contributed by atoms with van der Waals surface area (Å²) in [6.07, 6.45) is -0.636. The number of hydrogen-bond donors (Lipinski definition) is 5. The van der Waals surface area contributed by atoms with Crippen molar-refractivity contribution in [2.45, 2.75) is 130 Å². The van der Waals surface area contributed by atoms with E-state index in [1.165, 1.54) is 6.92 Å². The van der Waals surface area contributed by atoms with Crippen LogP contribution in [-0.4, -0.2) is 78.2 Å². The second kappa shape index (κ2) is 26.8. The second-order valence-corrected chi connectivity index (χ2v) is 16.1. The fourth-order valence-electron chi connectivity index (χ4n) is 5.92. The van der Waals surface area contributed by atoms with Crippen molar-refractivity contribution in [1.29, 1.82) is 0 Å². The molecule has 5 atom stereocenters. The molecule has 5 N–H and O–H groups in total. The number of unbranched alkanes of at least 4 members (excludes halogenated alkanes) is 1. The third kappa shape index (κ3) is 20.3. The van der Waals surface area contributed by atoms with Crippen LogP contribution in [-0.2, 0) is 62.7 Å². The standard InChI is InChI=1S/C47H63N5O11/c1-7-32(2)40(44(57)61-30-35-21-13-9-14-22-35)52-41(54)33(3)49-42(55)38(26-27-39(53)60-29-34-19-11-8-12-20-34)50-43(56)37(51-46(59)63-47(4,5)6)25-17-18-28-48-45(58)62-31-36-23-15-10-16-24-36/h8-16,19-24,32-33,37-38,40H,7,17-18,25-31H2,1-6H3,(H,48,58)(H,49,55)(H,50,56)(H,51,59)(H,52,54)/t32-,33-,37-,38-,40-/m1/s1. The molecule has 0 radical (unpaired) electrons. The minimum absolute atomic E-state index is 0.00722. The van der Waals surface area contributed by atoms with Crippen molar-refractivity contribution in [2.75, 3.05) is 6.54 Å². The predicted molar refractivity (Wildman–Crippen MR) is 234 cm³/mol. The van der Waals surface area contributed by atoms with E-state index in [0.717, 1.165) is 16.7 Å². The molecule has 0 fully saturated rings. The van der Waals surface area contributed by atoms with Gasteiger partial charge in [0.1, 0.15) is 49.6 Å². The summed E-state index contributed by atoms with van der Waals surface area (Å²) >= 11 is 0. The lowest BCUT2D eigenvalue weighted by molar-refractivity contribution is -0.151. The molecule has 0 aliphatic carbocycles. The van der Waals surface area contributed by atoms with Crippen LogP contribution in [0.3, 0.4) is 0 Å². The summed E-state index contributed by atoms with van der Waals surface area (Å²) in [4.78, 5) is 92.5. The van der Waals surface area contributed by atoms with Gasteiger partial charge in [-0.1, -0.05) is 111 Å². The fourth-order valence-corrected chi connectivity index (χ4v) is 5.92. The normalized spacial score (nSPS) is 13.4. The first-order chi connectivity index (χ1) is 30.0. The van der Waals surface area contributed by atoms with Gasteiger partial charge in [-0.15, -0.1) is 0 Å². The summed E-state index contributed by atoms with van der Waals surface area (Å²) in [6.45, 7) is 10.4. The lowest BCUT2D eigenvalue weighted by Crippen LogP contribution is -2.57. The van der Waals surface area contributed by atoms with Gasteiger partial charge in [-0.25, -0.2) is 14.4 Å². The predicted octanol–water partition coefficient (Wildman–Crippen LogP) is 5.76. The number of hydrogen-bond acceptors (Lipinski definition) is 11. The maximum Gasteiger partial charge on any atom is 0.408 e. The van der Waals surface area contributed by atoms with E-state index in [2.05, 4.69) is 26.6 Å². The average molecular weight is 874 g/mol. The Balaban J connectivity index is 1.70. The van der Waals surface area contributed by atoms with Gasteiger partial charge < -0.3 is 45.5 Å². The Kier molecular flexibility index (Phi) is 21.6. The van der Waals surface area contributed by atoms with Crippen LogP contribution in [0.5, 0.6) is 0 Å². The van der Waals surface area contributed by atoms with E-state index in [1.807, 2.05) is 73.7 Å². The molecule has 0 unspecified atom stereocenters. The van der Waals surface area contributed by atoms with Crippen molar-refractivity contribution >= 4 is 41.8 Å². The Morgan fingerprint density at radius 2 is 1.08 bits per heavy atom. The zero-order valence-electron chi connectivity index (χ0n) is 37.1. The Morgan fingerprint density at radius 3 is 1.62 bits per heavy atom. The molecule has 16 nitrogen and oxygen atoms in total. The van der Waals surface area contributed by atoms with Crippen LogP contribution >= 0.6 is 0 Å². The molecule has 0 aliphatic heterocycles. The van der Waals surface area contributed by atoms with E-state index in [1.54, 1.807) is 52.0 Å². The quantitative estimate of drug-likeness (QED) is 0.0414. The molecule has 0 saturated heterocycles. The Bertz CT molecular complexity index is 1910. The molecule has 63 heavy (non-hydrogen) atoms. The second-order valence-electron chi connectivity index (χ2n) is 16.1. The van der Waals surface area contributed by atoms with Crippen molar-refractivity contribution in [3.8, 4) is 0 Å². The third-order valence-electron chi connectivity index (χ3n) is 9.66. The zero-order chi connectivity index (χ0) is 46.2. The summed E-state index contributed by atoms with van der Waals surface area (Å²) in [5.74, 6) is -3.83. The molecule has 3 aromatic rings. The van der Waals surface area contributed by atoms with Crippen LogP contribution in [0.2, 0.25) is 0 Å². The molecule has 3 rings (SSSR count). The lowest BCUT2D eigenvalue weighted by atomic mass is 9.99. The number of alkyl carbamates (subject to hydrolysis) is 2. The van der Waals surface area contributed by atoms with Crippen molar-refractivity contribution in [2.24, 2.45) is 5.92 Å². The molecule has 0 aliphatic rings. The number of esters is 2. The minimum atomic E-state index is -1.37. The van der Waals surface area contributed by atoms with E-state index in [0.29, 0.717) is 19.3 Å². The monoisotopic (exact) mass is 873 g/mol. The van der Waals surface area contributed by atoms with Crippen molar-refractivity contribution in [3.05, 3.63) is 108 Å². The highest BCUT2D eigenvalue weighted by Crippen LogP contribution is 2.14. The van der Waals surface area contributed by atoms with E-state index >= 15 is 0 Å². The van der Waals surface area contributed by atoms with Crippen LogP contribution in [0.15, 0.2) is 91.0 Å². The fraction of sp³-hybridized carbons (Fsp3) is 0.468. The summed E-state index contributed by atoms with van der Waals surface area (Å²) in [5.41, 5.74) is 1.47. The van der Waals surface area contributed by atoms with Gasteiger partial charge >= 0.3 is 24.1 Å². The molecule has 16 heteroatoms. The third-order valence-corrected chi connectivity index (χ3v) is 9.66. The van der Waals surface area contributed by atoms with Crippen molar-refractivity contribution in [3.63, 3.8) is 0 Å². The summed E-state index contributed by atoms with van der Waals surface area (Å²) < 4.78 is 21.6. The lowest BCUT2D eigenvalue weighted by Gasteiger charge is -2.27. The number of rotatable bonds is 24. The average Bonchev–Trinajstić information content (AvgIpc) is 3.26. The first-order valence-electron chi connectivity index (χ1n) is 21.3. The largest absolute Gasteiger partial charge is 0.461 e. The number of carbonyl (C=O) groups excluding carboxylic acids is 7. The Hall–Kier alpha value is -6.45. The molecule has 0 aromatic heterocycles. The van der Waals surface area contributed by atoms with Crippen molar-refractivity contribution in [1.82, 2.24) is 26.6 Å². The highest BCUT2D eigenvalue weighted by atomic mass is 16.6. The molecule has 0 bridgehead atoms. The molecule has 0 saturated carbocycles. The van der Waals surface area contributed by atoms with Gasteiger partial charge in [0.15, 0.2) is 0 Å². The van der Waals surface area contributed by atoms with Gasteiger partial charge in [0, 0.05) is 13.0 Å². The highest BCUT2D eigenvalue weighted by molar-refractivity contribution is 5.95. The Morgan fingerprint density at radius 1 is 0.571 bits per heavy atom. The zero-order valence-corrected chi connectivity index (χ0v) is 37.1. The SMILES string of the molecule is CC[C@@H](C)[C@@H](NC(=O)[C@@H](C)NC(=O)[C@@H](CCC(=O)OCc1ccccc1)NC(=O)[C@@H](CCCCNC(=O)OCc1ccccc1)NC(=O)OC(C)(C)C)C(=O)OCc1ccccc1. The van der Waals surface area contributed by atoms with Crippen LogP contribution in [0.4, 0.5) is 9.59 Å². The van der Waals surface area contributed by atoms with Crippen LogP contribution in [0, 0.1) is 5.92 Å². The molecule has 0 heterocycles. The van der Waals surface area contributed by atoms with Crippen LogP contribution in [0.1, 0.15) is 96.8 Å². The molecular formula is C47H63N5O11. The smallest absolute Gasteiger partial charge is 0.408 e. The van der Waals surface area contributed by atoms with Crippen LogP contribution in [0.25, 0.3) is 0 Å². The van der Waals surface area contributed by atoms with Gasteiger partial charge in [0.05, 0.1) is 0 Å². The summed E-state index contributed by atoms with van der Waals surface area (Å²) in [7, 11) is 0. The topological polar surface area (TPSA) is 217 Å². The molecule has 342 valence electrons. The van der Waals surface area contributed by atoms with Gasteiger partial charge in [-0.05, 0) is 76.0 Å². The van der Waals surface area contributed by atoms with Gasteiger partial charge in [0.25, 0.3) is 0 Å².